The van der Waals surface area contributed by atoms with Gasteiger partial charge in [0.05, 0.1) is 0 Å². The van der Waals surface area contributed by atoms with Crippen LogP contribution in [0.5, 0.6) is 0 Å². The first kappa shape index (κ1) is 24.6. The summed E-state index contributed by atoms with van der Waals surface area (Å²) >= 11 is 0. The Morgan fingerprint density at radius 2 is 1.80 bits per heavy atom. The summed E-state index contributed by atoms with van der Waals surface area (Å²) in [5.41, 5.74) is 2.19. The number of unbranched alkanes of at least 4 members (excludes halogenated alkanes) is 4. The van der Waals surface area contributed by atoms with Crippen molar-refractivity contribution in [3.63, 3.8) is 0 Å². The summed E-state index contributed by atoms with van der Waals surface area (Å²) in [7, 11) is 0. The van der Waals surface area contributed by atoms with Gasteiger partial charge < -0.3 is 9.64 Å². The fourth-order valence-electron chi connectivity index (χ4n) is 4.87. The van der Waals surface area contributed by atoms with E-state index in [1.165, 1.54) is 0 Å². The molecule has 0 saturated carbocycles. The number of ketones is 2. The zero-order valence-corrected chi connectivity index (χ0v) is 20.8. The van der Waals surface area contributed by atoms with Crippen molar-refractivity contribution in [1.29, 1.82) is 0 Å². The molecule has 0 aromatic heterocycles. The van der Waals surface area contributed by atoms with Gasteiger partial charge in [0.1, 0.15) is 5.57 Å². The van der Waals surface area contributed by atoms with Crippen LogP contribution in [0.15, 0.2) is 88.8 Å². The summed E-state index contributed by atoms with van der Waals surface area (Å²) in [6.45, 7) is 6.29. The number of allylic oxidation sites excluding steroid dienone is 4. The summed E-state index contributed by atoms with van der Waals surface area (Å²) in [6.07, 6.45) is 14.8. The number of hydrogen-bond donors (Lipinski definition) is 0. The monoisotopic (exact) mass is 471 g/mol. The Hall–Kier alpha value is -3.47. The molecule has 4 rings (SSSR count). The highest BCUT2D eigenvalue weighted by Gasteiger charge is 2.54. The highest BCUT2D eigenvalue weighted by Crippen LogP contribution is 2.44. The smallest absolute Gasteiger partial charge is 0.343 e. The molecule has 0 saturated heterocycles. The Kier molecular flexibility index (Phi) is 7.34. The molecule has 182 valence electrons. The Labute approximate surface area is 207 Å². The van der Waals surface area contributed by atoms with Crippen molar-refractivity contribution in [3.05, 3.63) is 94.4 Å². The molecule has 5 heteroatoms. The standard InChI is InChI=1S/C30H33NO4/c1-4-6-7-8-12-16-26(32)27-25-18-22-17-23(13-5-2)31(19-21-14-10-9-11-15-21)20-24(22)28(33)30(25,3)35-29(27)34/h5,9-11,13-15,17-18,20H,4,6-8,12,16,19H2,1-3H3/b13-5+/t30-/m1/s1. The molecule has 0 fully saturated rings. The fourth-order valence-corrected chi connectivity index (χ4v) is 4.87. The van der Waals surface area contributed by atoms with E-state index in [1.54, 1.807) is 13.0 Å². The maximum absolute atomic E-state index is 13.7. The van der Waals surface area contributed by atoms with Crippen LogP contribution in [0.4, 0.5) is 0 Å². The van der Waals surface area contributed by atoms with Gasteiger partial charge in [-0.2, -0.15) is 0 Å². The second-order valence-electron chi connectivity index (χ2n) is 9.45. The lowest BCUT2D eigenvalue weighted by Crippen LogP contribution is -2.42. The molecule has 5 nitrogen and oxygen atoms in total. The second kappa shape index (κ2) is 10.4. The van der Waals surface area contributed by atoms with E-state index in [0.29, 0.717) is 23.3 Å². The summed E-state index contributed by atoms with van der Waals surface area (Å²) < 4.78 is 5.60. The molecule has 0 unspecified atom stereocenters. The third kappa shape index (κ3) is 4.86. The van der Waals surface area contributed by atoms with Crippen molar-refractivity contribution < 1.29 is 19.1 Å². The van der Waals surface area contributed by atoms with Crippen LogP contribution in [0.3, 0.4) is 0 Å². The zero-order valence-electron chi connectivity index (χ0n) is 20.8. The SMILES string of the molecule is C/C=C/C1=CC2=CC3=C(C(=O)CCCCCCC)C(=O)O[C@@]3(C)C(=O)C2=CN1Cc1ccccc1. The average Bonchev–Trinajstić information content (AvgIpc) is 3.11. The molecule has 1 aromatic rings. The lowest BCUT2D eigenvalue weighted by atomic mass is 9.76. The molecule has 2 heterocycles. The lowest BCUT2D eigenvalue weighted by Gasteiger charge is -2.34. The van der Waals surface area contributed by atoms with E-state index in [9.17, 15) is 14.4 Å². The van der Waals surface area contributed by atoms with Crippen LogP contribution < -0.4 is 0 Å². The first-order valence-corrected chi connectivity index (χ1v) is 12.5. The minimum absolute atomic E-state index is 0.0376. The van der Waals surface area contributed by atoms with Gasteiger partial charge in [0, 0.05) is 36.0 Å². The first-order valence-electron chi connectivity index (χ1n) is 12.5. The van der Waals surface area contributed by atoms with E-state index >= 15 is 0 Å². The van der Waals surface area contributed by atoms with Crippen LogP contribution in [0.2, 0.25) is 0 Å². The highest BCUT2D eigenvalue weighted by atomic mass is 16.6. The summed E-state index contributed by atoms with van der Waals surface area (Å²) in [5, 5.41) is 0. The number of esters is 1. The summed E-state index contributed by atoms with van der Waals surface area (Å²) in [5.74, 6) is -1.22. The molecule has 0 N–H and O–H groups in total. The first-order chi connectivity index (χ1) is 16.9. The molecular weight excluding hydrogens is 438 g/mol. The van der Waals surface area contributed by atoms with Gasteiger partial charge in [-0.1, -0.05) is 69.0 Å². The largest absolute Gasteiger partial charge is 0.442 e. The van der Waals surface area contributed by atoms with Crippen molar-refractivity contribution in [1.82, 2.24) is 4.90 Å². The molecule has 0 bridgehead atoms. The van der Waals surface area contributed by atoms with E-state index in [1.807, 2.05) is 66.6 Å². The van der Waals surface area contributed by atoms with Crippen LogP contribution in [-0.4, -0.2) is 28.0 Å². The number of ether oxygens (including phenoxy) is 1. The quantitative estimate of drug-likeness (QED) is 0.242. The Bertz CT molecular complexity index is 1180. The van der Waals surface area contributed by atoms with Crippen LogP contribution >= 0.6 is 0 Å². The van der Waals surface area contributed by atoms with Gasteiger partial charge in [-0.15, -0.1) is 0 Å². The van der Waals surface area contributed by atoms with E-state index in [-0.39, 0.29) is 23.6 Å². The average molecular weight is 472 g/mol. The molecule has 3 aliphatic rings. The van der Waals surface area contributed by atoms with E-state index in [2.05, 4.69) is 6.92 Å². The van der Waals surface area contributed by atoms with E-state index in [0.717, 1.165) is 43.4 Å². The third-order valence-corrected chi connectivity index (χ3v) is 6.81. The maximum atomic E-state index is 13.7. The Morgan fingerprint density at radius 1 is 1.06 bits per heavy atom. The van der Waals surface area contributed by atoms with Gasteiger partial charge in [0.25, 0.3) is 0 Å². The topological polar surface area (TPSA) is 63.7 Å². The number of benzene rings is 1. The van der Waals surface area contributed by atoms with Gasteiger partial charge in [0.2, 0.25) is 5.78 Å². The minimum atomic E-state index is -1.47. The van der Waals surface area contributed by atoms with Crippen LogP contribution in [-0.2, 0) is 25.7 Å². The third-order valence-electron chi connectivity index (χ3n) is 6.81. The van der Waals surface area contributed by atoms with Gasteiger partial charge in [0.15, 0.2) is 11.4 Å². The molecule has 1 atom stereocenters. The summed E-state index contributed by atoms with van der Waals surface area (Å²) in [6, 6.07) is 10.0. The number of carbonyl (C=O) groups is 3. The highest BCUT2D eigenvalue weighted by molar-refractivity contribution is 6.24. The number of Topliss-reactive ketones (excluding diaryl/α,β-unsaturated/α-hetero) is 2. The van der Waals surface area contributed by atoms with Crippen molar-refractivity contribution >= 4 is 17.5 Å². The van der Waals surface area contributed by atoms with Crippen LogP contribution in [0.1, 0.15) is 64.9 Å². The predicted octanol–water partition coefficient (Wildman–Crippen LogP) is 5.90. The van der Waals surface area contributed by atoms with Crippen LogP contribution in [0.25, 0.3) is 0 Å². The van der Waals surface area contributed by atoms with Gasteiger partial charge in [-0.25, -0.2) is 4.79 Å². The number of hydrogen-bond acceptors (Lipinski definition) is 5. The molecule has 35 heavy (non-hydrogen) atoms. The molecule has 2 aliphatic heterocycles. The summed E-state index contributed by atoms with van der Waals surface area (Å²) in [4.78, 5) is 41.5. The minimum Gasteiger partial charge on any atom is -0.442 e. The number of fused-ring (bicyclic) bond motifs is 2. The van der Waals surface area contributed by atoms with Gasteiger partial charge in [-0.05, 0) is 49.6 Å². The van der Waals surface area contributed by atoms with Gasteiger partial charge in [-0.3, -0.25) is 9.59 Å². The fraction of sp³-hybridized carbons (Fsp3) is 0.367. The predicted molar refractivity (Wildman–Crippen MR) is 136 cm³/mol. The molecule has 1 aromatic carbocycles. The Balaban J connectivity index is 1.68. The van der Waals surface area contributed by atoms with Crippen molar-refractivity contribution in [2.45, 2.75) is 71.4 Å². The zero-order chi connectivity index (χ0) is 25.0. The molecule has 0 amide bonds. The number of nitrogens with zero attached hydrogens (tertiary/aromatic N) is 1. The molecular formula is C30H33NO4. The maximum Gasteiger partial charge on any atom is 0.343 e. The van der Waals surface area contributed by atoms with Crippen LogP contribution in [0, 0.1) is 0 Å². The lowest BCUT2D eigenvalue weighted by molar-refractivity contribution is -0.153. The van der Waals surface area contributed by atoms with Crippen molar-refractivity contribution in [2.75, 3.05) is 0 Å². The Morgan fingerprint density at radius 3 is 2.51 bits per heavy atom. The molecule has 0 spiro atoms. The van der Waals surface area contributed by atoms with Crippen molar-refractivity contribution in [2.24, 2.45) is 0 Å². The van der Waals surface area contributed by atoms with Gasteiger partial charge >= 0.3 is 5.97 Å². The number of rotatable bonds is 10. The van der Waals surface area contributed by atoms with E-state index < -0.39 is 11.6 Å². The second-order valence-corrected chi connectivity index (χ2v) is 9.45. The van der Waals surface area contributed by atoms with E-state index in [4.69, 9.17) is 4.74 Å². The molecule has 0 radical (unpaired) electrons. The van der Waals surface area contributed by atoms with Crippen molar-refractivity contribution in [3.8, 4) is 0 Å². The molecule has 1 aliphatic carbocycles. The number of carbonyl (C=O) groups excluding carboxylic acids is 3. The normalized spacial score (nSPS) is 21.5.